The number of aryl methyl sites for hydroxylation is 2. The van der Waals surface area contributed by atoms with Crippen molar-refractivity contribution in [3.05, 3.63) is 81.5 Å². The minimum absolute atomic E-state index is 0.0230. The summed E-state index contributed by atoms with van der Waals surface area (Å²) in [5, 5.41) is 2.71. The lowest BCUT2D eigenvalue weighted by molar-refractivity contribution is 0.731. The Morgan fingerprint density at radius 2 is 1.96 bits per heavy atom. The molecule has 4 aromatic rings. The monoisotopic (exact) mass is 347 g/mol. The van der Waals surface area contributed by atoms with E-state index in [9.17, 15) is 4.79 Å². The van der Waals surface area contributed by atoms with Crippen LogP contribution in [0.1, 0.15) is 16.8 Å². The number of hydrogen-bond acceptors (Lipinski definition) is 4. The predicted octanol–water partition coefficient (Wildman–Crippen LogP) is 4.19. The molecule has 4 rings (SSSR count). The largest absolute Gasteiger partial charge is 0.293 e. The van der Waals surface area contributed by atoms with E-state index in [-0.39, 0.29) is 5.56 Å². The highest BCUT2D eigenvalue weighted by Crippen LogP contribution is 2.31. The summed E-state index contributed by atoms with van der Waals surface area (Å²) < 4.78 is 1.63. The van der Waals surface area contributed by atoms with Gasteiger partial charge < -0.3 is 0 Å². The molecular formula is C20H17N3OS. The molecule has 3 aromatic heterocycles. The number of benzene rings is 1. The van der Waals surface area contributed by atoms with Gasteiger partial charge in [0.15, 0.2) is 0 Å². The predicted molar refractivity (Wildman–Crippen MR) is 102 cm³/mol. The van der Waals surface area contributed by atoms with E-state index in [1.165, 1.54) is 22.5 Å². The van der Waals surface area contributed by atoms with Gasteiger partial charge in [0, 0.05) is 17.1 Å². The van der Waals surface area contributed by atoms with Gasteiger partial charge in [-0.15, -0.1) is 11.3 Å². The fraction of sp³-hybridized carbons (Fsp3) is 0.150. The number of fused-ring (bicyclic) bond motifs is 1. The Bertz CT molecular complexity index is 1110. The van der Waals surface area contributed by atoms with Gasteiger partial charge >= 0.3 is 0 Å². The van der Waals surface area contributed by atoms with Crippen LogP contribution in [-0.2, 0) is 6.54 Å². The molecule has 0 aliphatic carbocycles. The normalized spacial score (nSPS) is 11.1. The topological polar surface area (TPSA) is 47.8 Å². The molecule has 0 bridgehead atoms. The fourth-order valence-corrected chi connectivity index (χ4v) is 3.77. The molecule has 0 aliphatic rings. The molecule has 0 radical (unpaired) electrons. The van der Waals surface area contributed by atoms with E-state index in [0.717, 1.165) is 21.7 Å². The van der Waals surface area contributed by atoms with Crippen LogP contribution >= 0.6 is 11.3 Å². The van der Waals surface area contributed by atoms with Crippen LogP contribution in [0.5, 0.6) is 0 Å². The molecule has 4 nitrogen and oxygen atoms in total. The Morgan fingerprint density at radius 1 is 1.08 bits per heavy atom. The van der Waals surface area contributed by atoms with Gasteiger partial charge in [-0.1, -0.05) is 24.3 Å². The van der Waals surface area contributed by atoms with Gasteiger partial charge in [-0.3, -0.25) is 14.3 Å². The summed E-state index contributed by atoms with van der Waals surface area (Å²) >= 11 is 1.51. The Kier molecular flexibility index (Phi) is 3.93. The third-order valence-electron chi connectivity index (χ3n) is 4.44. The van der Waals surface area contributed by atoms with E-state index in [2.05, 4.69) is 42.0 Å². The van der Waals surface area contributed by atoms with E-state index < -0.39 is 0 Å². The van der Waals surface area contributed by atoms with Crippen molar-refractivity contribution in [2.45, 2.75) is 20.4 Å². The SMILES string of the molecule is Cc1ccc(-c2csc3ncn(Cc4ccccn4)c(=O)c23)cc1C. The number of pyridine rings is 1. The van der Waals surface area contributed by atoms with Crippen LogP contribution < -0.4 is 5.56 Å². The standard InChI is InChI=1S/C20H17N3OS/c1-13-6-7-15(9-14(13)2)17-11-25-19-18(17)20(24)23(12-22-19)10-16-5-3-4-8-21-16/h3-9,11-12H,10H2,1-2H3. The summed E-state index contributed by atoms with van der Waals surface area (Å²) in [4.78, 5) is 22.6. The van der Waals surface area contributed by atoms with E-state index in [4.69, 9.17) is 0 Å². The zero-order valence-electron chi connectivity index (χ0n) is 14.1. The second-order valence-electron chi connectivity index (χ2n) is 6.13. The Hall–Kier alpha value is -2.79. The molecule has 3 heterocycles. The van der Waals surface area contributed by atoms with Crippen LogP contribution in [0.3, 0.4) is 0 Å². The number of aromatic nitrogens is 3. The second-order valence-corrected chi connectivity index (χ2v) is 6.99. The van der Waals surface area contributed by atoms with Crippen molar-refractivity contribution in [3.8, 4) is 11.1 Å². The summed E-state index contributed by atoms with van der Waals surface area (Å²) in [6, 6.07) is 12.0. The Balaban J connectivity index is 1.86. The van der Waals surface area contributed by atoms with E-state index in [0.29, 0.717) is 11.9 Å². The quantitative estimate of drug-likeness (QED) is 0.558. The van der Waals surface area contributed by atoms with Crippen LogP contribution in [0.15, 0.2) is 59.1 Å². The first-order valence-corrected chi connectivity index (χ1v) is 8.95. The molecule has 0 atom stereocenters. The summed E-state index contributed by atoms with van der Waals surface area (Å²) in [5.74, 6) is 0. The first-order valence-electron chi connectivity index (χ1n) is 8.07. The third-order valence-corrected chi connectivity index (χ3v) is 5.32. The smallest absolute Gasteiger partial charge is 0.263 e. The van der Waals surface area contributed by atoms with Gasteiger partial charge in [0.2, 0.25) is 0 Å². The lowest BCUT2D eigenvalue weighted by Gasteiger charge is -2.07. The van der Waals surface area contributed by atoms with Gasteiger partial charge in [-0.05, 0) is 42.7 Å². The molecule has 0 saturated heterocycles. The fourth-order valence-electron chi connectivity index (χ4n) is 2.87. The molecule has 0 saturated carbocycles. The van der Waals surface area contributed by atoms with Crippen LogP contribution in [-0.4, -0.2) is 14.5 Å². The van der Waals surface area contributed by atoms with Crippen molar-refractivity contribution >= 4 is 21.6 Å². The highest BCUT2D eigenvalue weighted by molar-refractivity contribution is 7.17. The number of rotatable bonds is 3. The van der Waals surface area contributed by atoms with Crippen LogP contribution in [0, 0.1) is 13.8 Å². The molecule has 0 N–H and O–H groups in total. The van der Waals surface area contributed by atoms with Crippen LogP contribution in [0.4, 0.5) is 0 Å². The maximum atomic E-state index is 13.0. The highest BCUT2D eigenvalue weighted by atomic mass is 32.1. The Labute approximate surface area is 149 Å². The molecule has 25 heavy (non-hydrogen) atoms. The average molecular weight is 347 g/mol. The minimum atomic E-state index is -0.0230. The summed E-state index contributed by atoms with van der Waals surface area (Å²) in [5.41, 5.74) is 5.29. The van der Waals surface area contributed by atoms with Gasteiger partial charge in [-0.25, -0.2) is 4.98 Å². The Morgan fingerprint density at radius 3 is 2.72 bits per heavy atom. The zero-order valence-corrected chi connectivity index (χ0v) is 14.9. The molecule has 5 heteroatoms. The van der Waals surface area contributed by atoms with Gasteiger partial charge in [0.05, 0.1) is 24.0 Å². The average Bonchev–Trinajstić information content (AvgIpc) is 3.06. The van der Waals surface area contributed by atoms with Crippen molar-refractivity contribution in [3.63, 3.8) is 0 Å². The summed E-state index contributed by atoms with van der Waals surface area (Å²) in [6.07, 6.45) is 3.34. The van der Waals surface area contributed by atoms with Crippen LogP contribution in [0.25, 0.3) is 21.3 Å². The summed E-state index contributed by atoms with van der Waals surface area (Å²) in [7, 11) is 0. The minimum Gasteiger partial charge on any atom is -0.293 e. The molecule has 0 aliphatic heterocycles. The first-order chi connectivity index (χ1) is 12.1. The molecule has 0 fully saturated rings. The van der Waals surface area contributed by atoms with E-state index in [1.54, 1.807) is 17.1 Å². The molecule has 0 spiro atoms. The van der Waals surface area contributed by atoms with Gasteiger partial charge in [0.1, 0.15) is 4.83 Å². The lowest BCUT2D eigenvalue weighted by atomic mass is 10.0. The molecule has 0 amide bonds. The van der Waals surface area contributed by atoms with Crippen molar-refractivity contribution in [1.82, 2.24) is 14.5 Å². The van der Waals surface area contributed by atoms with Crippen molar-refractivity contribution in [2.24, 2.45) is 0 Å². The van der Waals surface area contributed by atoms with Crippen LogP contribution in [0.2, 0.25) is 0 Å². The molecular weight excluding hydrogens is 330 g/mol. The number of thiophene rings is 1. The maximum absolute atomic E-state index is 13.0. The second kappa shape index (κ2) is 6.26. The molecule has 0 unspecified atom stereocenters. The zero-order chi connectivity index (χ0) is 17.4. The number of nitrogens with zero attached hydrogens (tertiary/aromatic N) is 3. The van der Waals surface area contributed by atoms with Gasteiger partial charge in [-0.2, -0.15) is 0 Å². The van der Waals surface area contributed by atoms with Crippen molar-refractivity contribution in [2.75, 3.05) is 0 Å². The molecule has 124 valence electrons. The number of hydrogen-bond donors (Lipinski definition) is 0. The van der Waals surface area contributed by atoms with Crippen molar-refractivity contribution in [1.29, 1.82) is 0 Å². The third kappa shape index (κ3) is 2.87. The van der Waals surface area contributed by atoms with E-state index in [1.807, 2.05) is 23.6 Å². The molecule has 1 aromatic carbocycles. The lowest BCUT2D eigenvalue weighted by Crippen LogP contribution is -2.21. The summed E-state index contributed by atoms with van der Waals surface area (Å²) in [6.45, 7) is 4.60. The van der Waals surface area contributed by atoms with Crippen molar-refractivity contribution < 1.29 is 0 Å². The first kappa shape index (κ1) is 15.7. The van der Waals surface area contributed by atoms with Gasteiger partial charge in [0.25, 0.3) is 5.56 Å². The maximum Gasteiger partial charge on any atom is 0.263 e. The van der Waals surface area contributed by atoms with E-state index >= 15 is 0 Å². The highest BCUT2D eigenvalue weighted by Gasteiger charge is 2.14.